The number of hydrogen-bond donors (Lipinski definition) is 1. The minimum Gasteiger partial charge on any atom is -0.491 e. The number of para-hydroxylation sites is 1. The number of fused-ring (bicyclic) bond motifs is 1. The number of hydrogen-bond acceptors (Lipinski definition) is 4. The molecule has 140 valence electrons. The van der Waals surface area contributed by atoms with E-state index in [1.165, 1.54) is 5.56 Å². The minimum atomic E-state index is -0.138. The largest absolute Gasteiger partial charge is 0.491 e. The lowest BCUT2D eigenvalue weighted by molar-refractivity contribution is -0.123. The van der Waals surface area contributed by atoms with Crippen LogP contribution in [0.25, 0.3) is 10.9 Å². The third kappa shape index (κ3) is 5.45. The zero-order valence-corrected chi connectivity index (χ0v) is 15.5. The van der Waals surface area contributed by atoms with Gasteiger partial charge in [-0.3, -0.25) is 9.78 Å². The fraction of sp³-hybridized carbons (Fsp3) is 0.273. The lowest BCUT2D eigenvalue weighted by Crippen LogP contribution is -2.30. The third-order valence-electron chi connectivity index (χ3n) is 4.20. The Balaban J connectivity index is 1.35. The van der Waals surface area contributed by atoms with Gasteiger partial charge in [-0.2, -0.15) is 0 Å². The van der Waals surface area contributed by atoms with E-state index in [1.54, 1.807) is 6.20 Å². The molecule has 1 N–H and O–H groups in total. The number of aromatic nitrogens is 1. The van der Waals surface area contributed by atoms with E-state index in [9.17, 15) is 4.79 Å². The average Bonchev–Trinajstić information content (AvgIpc) is 2.72. The van der Waals surface area contributed by atoms with Crippen molar-refractivity contribution in [3.8, 4) is 11.5 Å². The highest BCUT2D eigenvalue weighted by atomic mass is 16.5. The van der Waals surface area contributed by atoms with Crippen LogP contribution in [0.5, 0.6) is 11.5 Å². The summed E-state index contributed by atoms with van der Waals surface area (Å²) in [6, 6.07) is 17.6. The molecule has 0 aliphatic rings. The van der Waals surface area contributed by atoms with Gasteiger partial charge in [0, 0.05) is 18.1 Å². The van der Waals surface area contributed by atoms with Gasteiger partial charge in [-0.05, 0) is 42.7 Å². The molecular weight excluding hydrogens is 340 g/mol. The summed E-state index contributed by atoms with van der Waals surface area (Å²) in [5, 5.41) is 3.89. The monoisotopic (exact) mass is 364 g/mol. The second-order valence-electron chi connectivity index (χ2n) is 6.17. The number of nitrogens with zero attached hydrogens (tertiary/aromatic N) is 1. The Hall–Kier alpha value is -3.08. The van der Waals surface area contributed by atoms with Crippen molar-refractivity contribution in [3.05, 3.63) is 66.4 Å². The third-order valence-corrected chi connectivity index (χ3v) is 4.20. The second-order valence-corrected chi connectivity index (χ2v) is 6.17. The normalized spacial score (nSPS) is 10.6. The van der Waals surface area contributed by atoms with Gasteiger partial charge in [0.15, 0.2) is 6.61 Å². The zero-order chi connectivity index (χ0) is 18.9. The molecule has 5 heteroatoms. The van der Waals surface area contributed by atoms with Gasteiger partial charge < -0.3 is 14.8 Å². The molecule has 0 fully saturated rings. The first kappa shape index (κ1) is 18.7. The average molecular weight is 364 g/mol. The van der Waals surface area contributed by atoms with E-state index in [-0.39, 0.29) is 12.5 Å². The van der Waals surface area contributed by atoms with Crippen LogP contribution in [-0.4, -0.2) is 30.6 Å². The number of benzene rings is 2. The van der Waals surface area contributed by atoms with Gasteiger partial charge in [-0.25, -0.2) is 0 Å². The van der Waals surface area contributed by atoms with Gasteiger partial charge in [0.2, 0.25) is 0 Å². The Morgan fingerprint density at radius 2 is 1.85 bits per heavy atom. The maximum Gasteiger partial charge on any atom is 0.257 e. The van der Waals surface area contributed by atoms with Gasteiger partial charge in [0.05, 0.1) is 6.61 Å². The molecule has 0 aliphatic heterocycles. The summed E-state index contributed by atoms with van der Waals surface area (Å²) < 4.78 is 11.3. The molecular formula is C22H24N2O3. The van der Waals surface area contributed by atoms with Gasteiger partial charge in [0.1, 0.15) is 17.0 Å². The smallest absolute Gasteiger partial charge is 0.257 e. The highest BCUT2D eigenvalue weighted by molar-refractivity contribution is 5.84. The molecule has 0 saturated carbocycles. The van der Waals surface area contributed by atoms with Gasteiger partial charge >= 0.3 is 0 Å². The Kier molecular flexibility index (Phi) is 6.63. The number of carbonyl (C=O) groups excluding carboxylic acids is 1. The molecule has 0 radical (unpaired) electrons. The first-order valence-electron chi connectivity index (χ1n) is 9.21. The topological polar surface area (TPSA) is 60.5 Å². The number of aryl methyl sites for hydroxylation is 1. The van der Waals surface area contributed by atoms with Crippen molar-refractivity contribution < 1.29 is 14.3 Å². The molecule has 0 bridgehead atoms. The van der Waals surface area contributed by atoms with Gasteiger partial charge in [-0.15, -0.1) is 0 Å². The molecule has 0 spiro atoms. The SMILES string of the molecule is CCc1ccc(OCC(=O)NCCCOc2cccc3cccnc23)cc1. The molecule has 3 aromatic rings. The quantitative estimate of drug-likeness (QED) is 0.587. The van der Waals surface area contributed by atoms with Crippen LogP contribution in [0.15, 0.2) is 60.8 Å². The number of pyridine rings is 1. The van der Waals surface area contributed by atoms with Crippen LogP contribution >= 0.6 is 0 Å². The summed E-state index contributed by atoms with van der Waals surface area (Å²) in [4.78, 5) is 16.2. The molecule has 2 aromatic carbocycles. The van der Waals surface area contributed by atoms with Crippen molar-refractivity contribution in [3.63, 3.8) is 0 Å². The van der Waals surface area contributed by atoms with Crippen molar-refractivity contribution in [2.45, 2.75) is 19.8 Å². The number of nitrogens with one attached hydrogen (secondary N) is 1. The Morgan fingerprint density at radius 3 is 2.67 bits per heavy atom. The number of carbonyl (C=O) groups is 1. The van der Waals surface area contributed by atoms with E-state index in [2.05, 4.69) is 17.2 Å². The predicted octanol–water partition coefficient (Wildman–Crippen LogP) is 3.76. The summed E-state index contributed by atoms with van der Waals surface area (Å²) in [7, 11) is 0. The lowest BCUT2D eigenvalue weighted by Gasteiger charge is -2.10. The van der Waals surface area contributed by atoms with Crippen molar-refractivity contribution in [2.75, 3.05) is 19.8 Å². The first-order chi connectivity index (χ1) is 13.3. The van der Waals surface area contributed by atoms with Crippen molar-refractivity contribution in [1.82, 2.24) is 10.3 Å². The summed E-state index contributed by atoms with van der Waals surface area (Å²) in [6.45, 7) is 3.16. The summed E-state index contributed by atoms with van der Waals surface area (Å²) in [5.74, 6) is 1.33. The highest BCUT2D eigenvalue weighted by Gasteiger charge is 2.04. The minimum absolute atomic E-state index is 0.0135. The molecule has 1 heterocycles. The van der Waals surface area contributed by atoms with Crippen LogP contribution in [0.3, 0.4) is 0 Å². The number of amides is 1. The second kappa shape index (κ2) is 9.57. The Bertz CT molecular complexity index is 873. The van der Waals surface area contributed by atoms with Crippen molar-refractivity contribution >= 4 is 16.8 Å². The maximum absolute atomic E-state index is 11.9. The predicted molar refractivity (Wildman–Crippen MR) is 106 cm³/mol. The maximum atomic E-state index is 11.9. The van der Waals surface area contributed by atoms with Crippen LogP contribution in [0.4, 0.5) is 0 Å². The van der Waals surface area contributed by atoms with E-state index in [0.29, 0.717) is 25.3 Å². The standard InChI is InChI=1S/C22H24N2O3/c1-2-17-9-11-19(12-10-17)27-16-21(25)23-14-5-15-26-20-8-3-6-18-7-4-13-24-22(18)20/h3-4,6-13H,2,5,14-16H2,1H3,(H,23,25). The van der Waals surface area contributed by atoms with Gasteiger partial charge in [0.25, 0.3) is 5.91 Å². The van der Waals surface area contributed by atoms with Crippen LogP contribution in [0.1, 0.15) is 18.9 Å². The summed E-state index contributed by atoms with van der Waals surface area (Å²) in [6.07, 6.45) is 3.45. The molecule has 1 aromatic heterocycles. The van der Waals surface area contributed by atoms with Crippen LogP contribution in [0, 0.1) is 0 Å². The van der Waals surface area contributed by atoms with Crippen LogP contribution < -0.4 is 14.8 Å². The summed E-state index contributed by atoms with van der Waals surface area (Å²) in [5.41, 5.74) is 2.10. The summed E-state index contributed by atoms with van der Waals surface area (Å²) >= 11 is 0. The highest BCUT2D eigenvalue weighted by Crippen LogP contribution is 2.22. The molecule has 1 amide bonds. The number of ether oxygens (including phenoxy) is 2. The lowest BCUT2D eigenvalue weighted by atomic mass is 10.2. The fourth-order valence-electron chi connectivity index (χ4n) is 2.70. The van der Waals surface area contributed by atoms with Crippen molar-refractivity contribution in [2.24, 2.45) is 0 Å². The van der Waals surface area contributed by atoms with E-state index in [4.69, 9.17) is 9.47 Å². The van der Waals surface area contributed by atoms with Gasteiger partial charge in [-0.1, -0.05) is 37.3 Å². The molecule has 0 saturated heterocycles. The fourth-order valence-corrected chi connectivity index (χ4v) is 2.70. The number of rotatable bonds is 9. The van der Waals surface area contributed by atoms with E-state index < -0.39 is 0 Å². The molecule has 0 unspecified atom stereocenters. The molecule has 27 heavy (non-hydrogen) atoms. The molecule has 3 rings (SSSR count). The van der Waals surface area contributed by atoms with Crippen LogP contribution in [-0.2, 0) is 11.2 Å². The Morgan fingerprint density at radius 1 is 1.04 bits per heavy atom. The Labute approximate surface area is 159 Å². The van der Waals surface area contributed by atoms with E-state index >= 15 is 0 Å². The van der Waals surface area contributed by atoms with E-state index in [0.717, 1.165) is 23.1 Å². The molecule has 0 aliphatic carbocycles. The zero-order valence-electron chi connectivity index (χ0n) is 15.5. The van der Waals surface area contributed by atoms with Crippen LogP contribution in [0.2, 0.25) is 0 Å². The molecule has 0 atom stereocenters. The molecule has 5 nitrogen and oxygen atoms in total. The van der Waals surface area contributed by atoms with E-state index in [1.807, 2.05) is 54.6 Å². The van der Waals surface area contributed by atoms with Crippen molar-refractivity contribution in [1.29, 1.82) is 0 Å². The first-order valence-corrected chi connectivity index (χ1v) is 9.21.